The third-order valence-corrected chi connectivity index (χ3v) is 12.8. The zero-order valence-corrected chi connectivity index (χ0v) is 39.3. The van der Waals surface area contributed by atoms with Crippen LogP contribution in [-0.4, -0.2) is 83.8 Å². The Kier molecular flexibility index (Phi) is 14.5. The molecule has 1 atom stereocenters. The van der Waals surface area contributed by atoms with Crippen LogP contribution in [0.4, 0.5) is 38.0 Å². The molecule has 0 saturated carbocycles. The summed E-state index contributed by atoms with van der Waals surface area (Å²) in [7, 11) is -10.1. The van der Waals surface area contributed by atoms with Gasteiger partial charge in [0.2, 0.25) is 0 Å². The molecule has 6 rings (SSSR count). The molecule has 1 unspecified atom stereocenters. The summed E-state index contributed by atoms with van der Waals surface area (Å²) >= 11 is 0. The van der Waals surface area contributed by atoms with Crippen LogP contribution in [0, 0.1) is 41.5 Å². The molecule has 4 amide bonds. The van der Waals surface area contributed by atoms with Crippen molar-refractivity contribution in [3.63, 3.8) is 0 Å². The Labute approximate surface area is 394 Å². The molecule has 10 N–H and O–H groups in total. The second-order valence-corrected chi connectivity index (χ2v) is 18.8. The van der Waals surface area contributed by atoms with Gasteiger partial charge in [-0.25, -0.2) is 19.4 Å². The second-order valence-electron chi connectivity index (χ2n) is 16.0. The first kappa shape index (κ1) is 50.6. The van der Waals surface area contributed by atoms with Gasteiger partial charge in [0.15, 0.2) is 0 Å². The minimum absolute atomic E-state index is 0.0285. The van der Waals surface area contributed by atoms with E-state index in [2.05, 4.69) is 31.6 Å². The highest BCUT2D eigenvalue weighted by molar-refractivity contribution is 7.86. The van der Waals surface area contributed by atoms with E-state index in [1.54, 1.807) is 52.0 Å². The summed E-state index contributed by atoms with van der Waals surface area (Å²) in [4.78, 5) is 62.9. The summed E-state index contributed by atoms with van der Waals surface area (Å²) in [6.07, 6.45) is -1.19. The minimum atomic E-state index is -5.15. The summed E-state index contributed by atoms with van der Waals surface area (Å²) < 4.78 is 79.8. The number of fused-ring (bicyclic) bond motifs is 2. The van der Waals surface area contributed by atoms with E-state index in [4.69, 9.17) is 14.6 Å². The predicted molar refractivity (Wildman–Crippen MR) is 253 cm³/mol. The van der Waals surface area contributed by atoms with Crippen LogP contribution in [0.15, 0.2) is 85.9 Å². The first-order chi connectivity index (χ1) is 32.2. The number of benzene rings is 5. The molecule has 4 aromatic carbocycles. The largest absolute Gasteiger partial charge is 0.481 e. The number of urea groups is 2. The molecule has 23 heteroatoms. The monoisotopic (exact) mass is 986 g/mol. The van der Waals surface area contributed by atoms with Crippen molar-refractivity contribution in [2.75, 3.05) is 22.5 Å². The average Bonchev–Trinajstić information content (AvgIpc) is 3.24. The number of aliphatic carboxylic acids is 3. The maximum atomic E-state index is 13.3. The van der Waals surface area contributed by atoms with Gasteiger partial charge in [0.05, 0.1) is 35.3 Å². The van der Waals surface area contributed by atoms with Gasteiger partial charge in [-0.3, -0.25) is 18.7 Å². The molecule has 69 heavy (non-hydrogen) atoms. The quantitative estimate of drug-likeness (QED) is 0.0360. The van der Waals surface area contributed by atoms with Crippen LogP contribution in [0.25, 0.3) is 33.4 Å². The minimum Gasteiger partial charge on any atom is -0.481 e. The molecule has 0 radical (unpaired) electrons. The number of nitrogens with zero attached hydrogens (tertiary/aromatic N) is 1. The Balaban J connectivity index is 1.57. The number of carboxylic acid groups (broad SMARTS) is 3. The number of hydrogen-bond donors (Lipinski definition) is 10. The molecule has 1 aliphatic heterocycles. The molecule has 1 aliphatic carbocycles. The van der Waals surface area contributed by atoms with E-state index in [1.807, 2.05) is 13.0 Å². The van der Waals surface area contributed by atoms with Crippen LogP contribution >= 0.6 is 0 Å². The highest BCUT2D eigenvalue weighted by atomic mass is 32.2. The van der Waals surface area contributed by atoms with E-state index < -0.39 is 72.5 Å². The van der Waals surface area contributed by atoms with Gasteiger partial charge in [-0.05, 0) is 99.2 Å². The number of anilines is 4. The highest BCUT2D eigenvalue weighted by Gasteiger charge is 2.28. The van der Waals surface area contributed by atoms with Crippen molar-refractivity contribution in [2.24, 2.45) is 4.99 Å². The molecule has 0 aromatic heterocycles. The van der Waals surface area contributed by atoms with Crippen LogP contribution in [0.3, 0.4) is 0 Å². The number of carboxylic acids is 3. The van der Waals surface area contributed by atoms with Crippen LogP contribution in [-0.2, 0) is 34.6 Å². The fraction of sp³-hybridized carbons (Fsp3) is 0.217. The molecule has 0 spiro atoms. The Morgan fingerprint density at radius 1 is 0.667 bits per heavy atom. The number of amides is 4. The lowest BCUT2D eigenvalue weighted by atomic mass is 9.93. The summed E-state index contributed by atoms with van der Waals surface area (Å²) in [5.41, 5.74) is 5.05. The van der Waals surface area contributed by atoms with E-state index in [0.29, 0.717) is 39.3 Å². The molecular formula is C46H46N6O15S2. The van der Waals surface area contributed by atoms with Crippen molar-refractivity contribution in [3.05, 3.63) is 105 Å². The zero-order valence-electron chi connectivity index (χ0n) is 37.6. The third kappa shape index (κ3) is 11.3. The van der Waals surface area contributed by atoms with Crippen LogP contribution in [0.5, 0.6) is 0 Å². The molecule has 21 nitrogen and oxygen atoms in total. The van der Waals surface area contributed by atoms with Gasteiger partial charge in [-0.15, -0.1) is 0 Å². The van der Waals surface area contributed by atoms with Crippen molar-refractivity contribution in [1.82, 2.24) is 10.6 Å². The fourth-order valence-corrected chi connectivity index (χ4v) is 9.30. The van der Waals surface area contributed by atoms with E-state index in [1.165, 1.54) is 31.2 Å². The number of nitrogens with one attached hydrogen (secondary N) is 5. The van der Waals surface area contributed by atoms with E-state index in [9.17, 15) is 55.0 Å². The van der Waals surface area contributed by atoms with E-state index in [0.717, 1.165) is 17.7 Å². The van der Waals surface area contributed by atoms with Gasteiger partial charge < -0.3 is 46.3 Å². The van der Waals surface area contributed by atoms with Crippen molar-refractivity contribution in [1.29, 1.82) is 0 Å². The highest BCUT2D eigenvalue weighted by Crippen LogP contribution is 2.44. The van der Waals surface area contributed by atoms with Gasteiger partial charge in [0.1, 0.15) is 27.2 Å². The molecule has 0 fully saturated rings. The van der Waals surface area contributed by atoms with Crippen LogP contribution < -0.4 is 31.9 Å². The smallest absolute Gasteiger partial charge is 0.326 e. The molecule has 362 valence electrons. The van der Waals surface area contributed by atoms with E-state index >= 15 is 0 Å². The maximum absolute atomic E-state index is 13.3. The Hall–Kier alpha value is -7.86. The first-order valence-electron chi connectivity index (χ1n) is 20.7. The Bertz CT molecular complexity index is 3410. The number of aryl methyl sites for hydroxylation is 4. The molecule has 1 heterocycles. The van der Waals surface area contributed by atoms with Gasteiger partial charge in [0, 0.05) is 52.1 Å². The maximum Gasteiger partial charge on any atom is 0.326 e. The Morgan fingerprint density at radius 3 is 1.90 bits per heavy atom. The molecule has 0 bridgehead atoms. The number of carbonyl (C=O) groups excluding carboxylic acids is 2. The van der Waals surface area contributed by atoms with E-state index in [-0.39, 0.29) is 68.7 Å². The first-order valence-corrected chi connectivity index (χ1v) is 23.5. The fourth-order valence-electron chi connectivity index (χ4n) is 7.96. The van der Waals surface area contributed by atoms with Crippen molar-refractivity contribution in [3.8, 4) is 22.5 Å². The van der Waals surface area contributed by atoms with Crippen molar-refractivity contribution >= 4 is 89.6 Å². The SMILES string of the molecule is Cc1cc(C)c(NC(=O)NC(CC(=O)O)C(=O)O)c(C)c1/N=c1/cc2oc3cc(Nc4c(C)cc(C)c(NC(=O)NCCC(=O)O)c4C)ccc3c(-c3ccccc3S(=O)(=O)O)c-2cc1S(=O)(=O)O. The zero-order chi connectivity index (χ0) is 50.9. The predicted octanol–water partition coefficient (Wildman–Crippen LogP) is 7.17. The molecular weight excluding hydrogens is 941 g/mol. The molecule has 0 saturated heterocycles. The number of carbonyl (C=O) groups is 5. The van der Waals surface area contributed by atoms with Crippen LogP contribution in [0.1, 0.15) is 46.2 Å². The van der Waals surface area contributed by atoms with Crippen LogP contribution in [0.2, 0.25) is 0 Å². The number of rotatable bonds is 15. The summed E-state index contributed by atoms with van der Waals surface area (Å²) in [5.74, 6) is -4.22. The lowest BCUT2D eigenvalue weighted by molar-refractivity contribution is -0.145. The van der Waals surface area contributed by atoms with Gasteiger partial charge >= 0.3 is 30.0 Å². The Morgan fingerprint density at radius 2 is 1.28 bits per heavy atom. The summed E-state index contributed by atoms with van der Waals surface area (Å²) in [5, 5.41) is 40.6. The lowest BCUT2D eigenvalue weighted by Gasteiger charge is -2.21. The normalized spacial score (nSPS) is 12.4. The summed E-state index contributed by atoms with van der Waals surface area (Å²) in [6, 6.07) is 12.4. The molecule has 2 aliphatic rings. The van der Waals surface area contributed by atoms with Crippen molar-refractivity contribution < 1.29 is 69.7 Å². The third-order valence-electron chi connectivity index (χ3n) is 11.0. The standard InChI is InChI=1S/C46H46N6O15S2/c1-21-15-23(3)42(51-45(59)47-14-13-37(53)54)25(5)40(21)48-27-11-12-28-33(17-27)67-34-19-31(36(69(64,65)66)18-30(34)39(28)29-9-7-8-10-35(29)68(61,62)63)49-41-22(2)16-24(4)43(26(41)6)52-46(60)50-32(44(57)58)20-38(55)56/h7-12,15-19,32,48H,13-14,20H2,1-6H3,(H,53,54)(H,55,56)(H,57,58)(H2,47,51,59)(H2,50,52,60)(H,61,62,63)(H,64,65,66)/b49-31-. The second kappa shape index (κ2) is 19.8. The van der Waals surface area contributed by atoms with Gasteiger partial charge in [-0.2, -0.15) is 16.8 Å². The lowest BCUT2D eigenvalue weighted by Crippen LogP contribution is -2.44. The van der Waals surface area contributed by atoms with Gasteiger partial charge in [0.25, 0.3) is 20.2 Å². The van der Waals surface area contributed by atoms with Gasteiger partial charge in [-0.1, -0.05) is 30.3 Å². The number of hydrogen-bond acceptors (Lipinski definition) is 12. The van der Waals surface area contributed by atoms with Crippen molar-refractivity contribution in [2.45, 2.75) is 70.2 Å². The molecule has 4 aromatic rings. The summed E-state index contributed by atoms with van der Waals surface area (Å²) in [6.45, 7) is 10.1. The topological polar surface area (TPSA) is 340 Å². The average molecular weight is 987 g/mol.